The van der Waals surface area contributed by atoms with Gasteiger partial charge in [0.1, 0.15) is 0 Å². The molecule has 21 heavy (non-hydrogen) atoms. The van der Waals surface area contributed by atoms with Gasteiger partial charge in [0, 0.05) is 6.54 Å². The molecule has 0 atom stereocenters. The first-order valence-electron chi connectivity index (χ1n) is 8.25. The summed E-state index contributed by atoms with van der Waals surface area (Å²) in [4.78, 5) is 0. The number of benzene rings is 2. The Bertz CT molecular complexity index is 603. The van der Waals surface area contributed by atoms with E-state index in [1.807, 2.05) is 0 Å². The smallest absolute Gasteiger partial charge is 0.0589 e. The van der Waals surface area contributed by atoms with Gasteiger partial charge in [0.2, 0.25) is 0 Å². The second kappa shape index (κ2) is 4.99. The van der Waals surface area contributed by atoms with Crippen molar-refractivity contribution in [2.45, 2.75) is 38.6 Å². The molecule has 2 aromatic carbocycles. The second-order valence-corrected chi connectivity index (χ2v) is 6.70. The summed E-state index contributed by atoms with van der Waals surface area (Å²) in [6.07, 6.45) is 5.50. The molecule has 1 nitrogen and oxygen atoms in total. The molecule has 0 unspecified atom stereocenters. The SMILES string of the molecule is CCC1(CNC2c3ccccc3-c3ccccc32)CCC1. The van der Waals surface area contributed by atoms with Crippen molar-refractivity contribution in [3.8, 4) is 11.1 Å². The number of hydrogen-bond donors (Lipinski definition) is 1. The zero-order valence-corrected chi connectivity index (χ0v) is 12.7. The van der Waals surface area contributed by atoms with Crippen LogP contribution in [0.1, 0.15) is 49.8 Å². The Morgan fingerprint density at radius 3 is 2.00 bits per heavy atom. The van der Waals surface area contributed by atoms with E-state index in [2.05, 4.69) is 60.8 Å². The lowest BCUT2D eigenvalue weighted by atomic mass is 9.67. The quantitative estimate of drug-likeness (QED) is 0.836. The predicted molar refractivity (Wildman–Crippen MR) is 88.3 cm³/mol. The van der Waals surface area contributed by atoms with Gasteiger partial charge >= 0.3 is 0 Å². The molecule has 0 bridgehead atoms. The maximum absolute atomic E-state index is 3.89. The van der Waals surface area contributed by atoms with Gasteiger partial charge in [-0.1, -0.05) is 61.9 Å². The van der Waals surface area contributed by atoms with Crippen molar-refractivity contribution in [2.24, 2.45) is 5.41 Å². The fourth-order valence-corrected chi connectivity index (χ4v) is 4.03. The van der Waals surface area contributed by atoms with Gasteiger partial charge < -0.3 is 5.32 Å². The van der Waals surface area contributed by atoms with E-state index in [9.17, 15) is 0 Å². The van der Waals surface area contributed by atoms with E-state index in [4.69, 9.17) is 0 Å². The minimum Gasteiger partial charge on any atom is -0.306 e. The molecule has 2 aromatic rings. The zero-order valence-electron chi connectivity index (χ0n) is 12.7. The topological polar surface area (TPSA) is 12.0 Å². The van der Waals surface area contributed by atoms with Crippen LogP contribution in [-0.4, -0.2) is 6.54 Å². The number of fused-ring (bicyclic) bond motifs is 3. The highest BCUT2D eigenvalue weighted by molar-refractivity contribution is 5.78. The molecule has 2 aliphatic carbocycles. The third-order valence-corrected chi connectivity index (χ3v) is 5.68. The Balaban J connectivity index is 1.65. The Morgan fingerprint density at radius 2 is 1.52 bits per heavy atom. The molecule has 0 spiro atoms. The molecule has 108 valence electrons. The van der Waals surface area contributed by atoms with E-state index in [1.165, 1.54) is 47.9 Å². The van der Waals surface area contributed by atoms with Crippen LogP contribution < -0.4 is 5.32 Å². The van der Waals surface area contributed by atoms with Crippen LogP contribution in [0.5, 0.6) is 0 Å². The molecule has 1 fully saturated rings. The molecule has 0 saturated heterocycles. The average Bonchev–Trinajstić information content (AvgIpc) is 2.81. The van der Waals surface area contributed by atoms with Crippen LogP contribution in [0.2, 0.25) is 0 Å². The largest absolute Gasteiger partial charge is 0.306 e. The summed E-state index contributed by atoms with van der Waals surface area (Å²) in [5.41, 5.74) is 6.27. The summed E-state index contributed by atoms with van der Waals surface area (Å²) in [5, 5.41) is 3.89. The fraction of sp³-hybridized carbons (Fsp3) is 0.400. The van der Waals surface area contributed by atoms with Crippen molar-refractivity contribution < 1.29 is 0 Å². The summed E-state index contributed by atoms with van der Waals surface area (Å²) in [6.45, 7) is 3.49. The average molecular weight is 277 g/mol. The van der Waals surface area contributed by atoms with Crippen molar-refractivity contribution in [2.75, 3.05) is 6.54 Å². The molecule has 0 amide bonds. The summed E-state index contributed by atoms with van der Waals surface area (Å²) in [7, 11) is 0. The second-order valence-electron chi connectivity index (χ2n) is 6.70. The minimum atomic E-state index is 0.376. The van der Waals surface area contributed by atoms with Gasteiger partial charge in [-0.3, -0.25) is 0 Å². The van der Waals surface area contributed by atoms with Crippen LogP contribution in [0.25, 0.3) is 11.1 Å². The van der Waals surface area contributed by atoms with Gasteiger partial charge in [-0.25, -0.2) is 0 Å². The summed E-state index contributed by atoms with van der Waals surface area (Å²) in [5.74, 6) is 0. The van der Waals surface area contributed by atoms with E-state index in [1.54, 1.807) is 0 Å². The van der Waals surface area contributed by atoms with Gasteiger partial charge in [0.05, 0.1) is 6.04 Å². The summed E-state index contributed by atoms with van der Waals surface area (Å²) in [6, 6.07) is 18.1. The van der Waals surface area contributed by atoms with Gasteiger partial charge in [-0.05, 0) is 46.9 Å². The predicted octanol–water partition coefficient (Wildman–Crippen LogP) is 4.93. The maximum atomic E-state index is 3.89. The molecule has 4 rings (SSSR count). The van der Waals surface area contributed by atoms with E-state index in [0.717, 1.165) is 6.54 Å². The molecule has 0 aliphatic heterocycles. The number of nitrogens with one attached hydrogen (secondary N) is 1. The molecule has 0 heterocycles. The molecular weight excluding hydrogens is 254 g/mol. The molecule has 0 radical (unpaired) electrons. The lowest BCUT2D eigenvalue weighted by Crippen LogP contribution is -2.40. The normalized spacial score (nSPS) is 18.9. The van der Waals surface area contributed by atoms with E-state index >= 15 is 0 Å². The van der Waals surface area contributed by atoms with Crippen LogP contribution in [0.4, 0.5) is 0 Å². The maximum Gasteiger partial charge on any atom is 0.0589 e. The standard InChI is InChI=1S/C20H23N/c1-2-20(12-7-13-20)14-21-19-17-10-5-3-8-15(17)16-9-4-6-11-18(16)19/h3-6,8-11,19,21H,2,7,12-14H2,1H3. The lowest BCUT2D eigenvalue weighted by molar-refractivity contribution is 0.121. The van der Waals surface area contributed by atoms with E-state index < -0.39 is 0 Å². The third-order valence-electron chi connectivity index (χ3n) is 5.68. The van der Waals surface area contributed by atoms with Crippen molar-refractivity contribution in [3.63, 3.8) is 0 Å². The molecule has 1 saturated carbocycles. The van der Waals surface area contributed by atoms with Gasteiger partial charge in [-0.2, -0.15) is 0 Å². The van der Waals surface area contributed by atoms with Gasteiger partial charge in [0.15, 0.2) is 0 Å². The van der Waals surface area contributed by atoms with Gasteiger partial charge in [0.25, 0.3) is 0 Å². The first-order valence-corrected chi connectivity index (χ1v) is 8.25. The summed E-state index contributed by atoms with van der Waals surface area (Å²) >= 11 is 0. The Morgan fingerprint density at radius 1 is 0.952 bits per heavy atom. The monoisotopic (exact) mass is 277 g/mol. The Kier molecular flexibility index (Phi) is 3.11. The lowest BCUT2D eigenvalue weighted by Gasteiger charge is -2.42. The van der Waals surface area contributed by atoms with Crippen molar-refractivity contribution >= 4 is 0 Å². The van der Waals surface area contributed by atoms with Crippen LogP contribution in [-0.2, 0) is 0 Å². The number of hydrogen-bond acceptors (Lipinski definition) is 1. The fourth-order valence-electron chi connectivity index (χ4n) is 4.03. The van der Waals surface area contributed by atoms with Crippen LogP contribution in [0.15, 0.2) is 48.5 Å². The molecule has 1 heteroatoms. The molecule has 1 N–H and O–H groups in total. The Labute approximate surface area is 127 Å². The van der Waals surface area contributed by atoms with Crippen molar-refractivity contribution in [1.82, 2.24) is 5.32 Å². The van der Waals surface area contributed by atoms with Crippen LogP contribution in [0.3, 0.4) is 0 Å². The molecule has 0 aromatic heterocycles. The van der Waals surface area contributed by atoms with Crippen molar-refractivity contribution in [1.29, 1.82) is 0 Å². The Hall–Kier alpha value is -1.60. The van der Waals surface area contributed by atoms with E-state index in [0.29, 0.717) is 11.5 Å². The third kappa shape index (κ3) is 2.03. The van der Waals surface area contributed by atoms with Crippen molar-refractivity contribution in [3.05, 3.63) is 59.7 Å². The summed E-state index contributed by atoms with van der Waals surface area (Å²) < 4.78 is 0. The highest BCUT2D eigenvalue weighted by atomic mass is 14.9. The zero-order chi connectivity index (χ0) is 14.3. The molecule has 2 aliphatic rings. The minimum absolute atomic E-state index is 0.376. The van der Waals surface area contributed by atoms with E-state index in [-0.39, 0.29) is 0 Å². The first kappa shape index (κ1) is 13.1. The highest BCUT2D eigenvalue weighted by Crippen LogP contribution is 2.46. The number of rotatable bonds is 4. The van der Waals surface area contributed by atoms with Crippen LogP contribution >= 0.6 is 0 Å². The highest BCUT2D eigenvalue weighted by Gasteiger charge is 2.36. The van der Waals surface area contributed by atoms with Gasteiger partial charge in [-0.15, -0.1) is 0 Å². The van der Waals surface area contributed by atoms with Crippen LogP contribution in [0, 0.1) is 5.41 Å². The molecular formula is C20H23N. The first-order chi connectivity index (χ1) is 10.3.